The molecule has 32 heavy (non-hydrogen) atoms. The number of nitrogens with zero attached hydrogens (tertiary/aromatic N) is 4. The number of H-pyrrole nitrogens is 1. The molecule has 1 aromatic carbocycles. The highest BCUT2D eigenvalue weighted by molar-refractivity contribution is 5.97. The maximum atomic E-state index is 14.0. The number of aromatic nitrogens is 4. The van der Waals surface area contributed by atoms with Gasteiger partial charge in [0.2, 0.25) is 5.91 Å². The molecule has 1 N–H and O–H groups in total. The molecule has 10 heteroatoms. The third-order valence-electron chi connectivity index (χ3n) is 5.79. The molecular formula is C22H23F2N5O3. The van der Waals surface area contributed by atoms with Crippen molar-refractivity contribution < 1.29 is 18.4 Å². The molecular weight excluding hydrogens is 420 g/mol. The van der Waals surface area contributed by atoms with E-state index in [9.17, 15) is 23.2 Å². The van der Waals surface area contributed by atoms with E-state index in [1.54, 1.807) is 29.0 Å². The average Bonchev–Trinajstić information content (AvgIpc) is 3.20. The number of piperidine rings is 1. The number of likely N-dealkylation sites (tertiary alicyclic amines) is 1. The first-order valence-corrected chi connectivity index (χ1v) is 10.5. The zero-order chi connectivity index (χ0) is 22.8. The van der Waals surface area contributed by atoms with E-state index in [1.807, 2.05) is 0 Å². The van der Waals surface area contributed by atoms with Crippen molar-refractivity contribution >= 4 is 22.6 Å². The first kappa shape index (κ1) is 21.8. The summed E-state index contributed by atoms with van der Waals surface area (Å²) in [7, 11) is 1.76. The third kappa shape index (κ3) is 4.58. The van der Waals surface area contributed by atoms with Crippen molar-refractivity contribution in [2.75, 3.05) is 13.1 Å². The predicted octanol–water partition coefficient (Wildman–Crippen LogP) is 2.38. The Kier molecular flexibility index (Phi) is 6.11. The molecule has 3 aromatic rings. The van der Waals surface area contributed by atoms with Gasteiger partial charge in [-0.15, -0.1) is 0 Å². The number of amides is 1. The van der Waals surface area contributed by atoms with Crippen LogP contribution in [0, 0.1) is 17.6 Å². The number of carbonyl (C=O) groups is 2. The van der Waals surface area contributed by atoms with E-state index in [2.05, 4.69) is 15.1 Å². The van der Waals surface area contributed by atoms with Gasteiger partial charge in [-0.3, -0.25) is 19.1 Å². The molecule has 4 rings (SSSR count). The zero-order valence-corrected chi connectivity index (χ0v) is 17.6. The Labute approximate surface area is 182 Å². The van der Waals surface area contributed by atoms with E-state index in [0.29, 0.717) is 44.0 Å². The lowest BCUT2D eigenvalue weighted by atomic mass is 9.90. The lowest BCUT2D eigenvalue weighted by molar-refractivity contribution is -0.132. The summed E-state index contributed by atoms with van der Waals surface area (Å²) in [5.74, 6) is -1.58. The summed E-state index contributed by atoms with van der Waals surface area (Å²) in [6.45, 7) is 1.02. The van der Waals surface area contributed by atoms with E-state index in [-0.39, 0.29) is 47.2 Å². The van der Waals surface area contributed by atoms with Crippen LogP contribution in [0.1, 0.15) is 41.9 Å². The van der Waals surface area contributed by atoms with Gasteiger partial charge in [0.25, 0.3) is 5.56 Å². The summed E-state index contributed by atoms with van der Waals surface area (Å²) in [5.41, 5.74) is -0.208. The molecule has 1 aliphatic heterocycles. The molecule has 1 aliphatic rings. The maximum absolute atomic E-state index is 14.0. The van der Waals surface area contributed by atoms with Gasteiger partial charge in [0.15, 0.2) is 11.6 Å². The SMILES string of the molecule is Cn1cc(C(=O)C2CCN(C(=O)CCCc3nc4c(F)cc(F)cc4c(=O)[nH]3)CC2)cn1. The molecule has 1 amide bonds. The van der Waals surface area contributed by atoms with Crippen molar-refractivity contribution in [3.05, 3.63) is 57.9 Å². The van der Waals surface area contributed by atoms with Crippen LogP contribution < -0.4 is 5.56 Å². The van der Waals surface area contributed by atoms with Crippen molar-refractivity contribution in [1.29, 1.82) is 0 Å². The van der Waals surface area contributed by atoms with E-state index in [4.69, 9.17) is 0 Å². The molecule has 0 bridgehead atoms. The second kappa shape index (κ2) is 8.97. The fourth-order valence-corrected chi connectivity index (χ4v) is 4.07. The smallest absolute Gasteiger partial charge is 0.258 e. The second-order valence-electron chi connectivity index (χ2n) is 8.07. The highest BCUT2D eigenvalue weighted by Crippen LogP contribution is 2.22. The van der Waals surface area contributed by atoms with Crippen LogP contribution in [-0.2, 0) is 18.3 Å². The van der Waals surface area contributed by atoms with E-state index in [0.717, 1.165) is 6.07 Å². The van der Waals surface area contributed by atoms with E-state index in [1.165, 1.54) is 0 Å². The van der Waals surface area contributed by atoms with Crippen molar-refractivity contribution in [3.63, 3.8) is 0 Å². The number of ketones is 1. The van der Waals surface area contributed by atoms with Crippen molar-refractivity contribution in [2.24, 2.45) is 13.0 Å². The summed E-state index contributed by atoms with van der Waals surface area (Å²) in [5, 5.41) is 3.88. The molecule has 3 heterocycles. The molecule has 1 fully saturated rings. The number of hydrogen-bond donors (Lipinski definition) is 1. The maximum Gasteiger partial charge on any atom is 0.258 e. The molecule has 1 saturated heterocycles. The number of benzene rings is 1. The Balaban J connectivity index is 1.29. The zero-order valence-electron chi connectivity index (χ0n) is 17.6. The van der Waals surface area contributed by atoms with Crippen LogP contribution >= 0.6 is 0 Å². The lowest BCUT2D eigenvalue weighted by Gasteiger charge is -2.31. The van der Waals surface area contributed by atoms with Gasteiger partial charge in [0, 0.05) is 51.2 Å². The van der Waals surface area contributed by atoms with Crippen LogP contribution in [0.5, 0.6) is 0 Å². The number of hydrogen-bond acceptors (Lipinski definition) is 5. The average molecular weight is 443 g/mol. The van der Waals surface area contributed by atoms with E-state index < -0.39 is 17.2 Å². The normalized spacial score (nSPS) is 14.8. The van der Waals surface area contributed by atoms with Gasteiger partial charge in [-0.25, -0.2) is 13.8 Å². The Hall–Kier alpha value is -3.43. The molecule has 2 aromatic heterocycles. The Morgan fingerprint density at radius 3 is 2.66 bits per heavy atom. The van der Waals surface area contributed by atoms with Crippen LogP contribution in [0.3, 0.4) is 0 Å². The number of Topliss-reactive ketones (excluding diaryl/α,β-unsaturated/α-hetero) is 1. The van der Waals surface area contributed by atoms with Crippen LogP contribution in [0.4, 0.5) is 8.78 Å². The number of halogens is 2. The number of carbonyl (C=O) groups excluding carboxylic acids is 2. The highest BCUT2D eigenvalue weighted by atomic mass is 19.1. The minimum atomic E-state index is -0.896. The standard InChI is InChI=1S/C22H23F2N5O3/c1-28-12-14(11-25-28)21(31)13-5-7-29(8-6-13)19(30)4-2-3-18-26-20-16(22(32)27-18)9-15(23)10-17(20)24/h9-13H,2-8H2,1H3,(H,26,27,32). The molecule has 0 unspecified atom stereocenters. The third-order valence-corrected chi connectivity index (χ3v) is 5.79. The van der Waals surface area contributed by atoms with Crippen LogP contribution in [0.25, 0.3) is 10.9 Å². The first-order chi connectivity index (χ1) is 15.3. The van der Waals surface area contributed by atoms with Gasteiger partial charge in [-0.05, 0) is 25.3 Å². The summed E-state index contributed by atoms with van der Waals surface area (Å²) in [6.07, 6.45) is 5.42. The van der Waals surface area contributed by atoms with Gasteiger partial charge < -0.3 is 9.88 Å². The molecule has 0 atom stereocenters. The topological polar surface area (TPSA) is 101 Å². The van der Waals surface area contributed by atoms with E-state index >= 15 is 0 Å². The van der Waals surface area contributed by atoms with Crippen LogP contribution in [-0.4, -0.2) is 49.4 Å². The summed E-state index contributed by atoms with van der Waals surface area (Å²) >= 11 is 0. The monoisotopic (exact) mass is 443 g/mol. The largest absolute Gasteiger partial charge is 0.343 e. The number of fused-ring (bicyclic) bond motifs is 1. The Bertz CT molecular complexity index is 1230. The van der Waals surface area contributed by atoms with Crippen LogP contribution in [0.15, 0.2) is 29.3 Å². The number of rotatable bonds is 6. The Morgan fingerprint density at radius 1 is 1.22 bits per heavy atom. The minimum absolute atomic E-state index is 0.0336. The lowest BCUT2D eigenvalue weighted by Crippen LogP contribution is -2.40. The molecule has 0 aliphatic carbocycles. The first-order valence-electron chi connectivity index (χ1n) is 10.5. The number of nitrogens with one attached hydrogen (secondary N) is 1. The summed E-state index contributed by atoms with van der Waals surface area (Å²) in [4.78, 5) is 45.5. The number of aromatic amines is 1. The van der Waals surface area contributed by atoms with Gasteiger partial charge in [0.05, 0.1) is 17.1 Å². The quantitative estimate of drug-likeness (QED) is 0.590. The van der Waals surface area contributed by atoms with Crippen molar-refractivity contribution in [1.82, 2.24) is 24.6 Å². The highest BCUT2D eigenvalue weighted by Gasteiger charge is 2.28. The molecule has 168 valence electrons. The minimum Gasteiger partial charge on any atom is -0.343 e. The van der Waals surface area contributed by atoms with Crippen molar-refractivity contribution in [3.8, 4) is 0 Å². The van der Waals surface area contributed by atoms with Gasteiger partial charge >= 0.3 is 0 Å². The molecule has 0 saturated carbocycles. The van der Waals surface area contributed by atoms with Crippen molar-refractivity contribution in [2.45, 2.75) is 32.1 Å². The summed E-state index contributed by atoms with van der Waals surface area (Å²) < 4.78 is 28.9. The molecule has 0 radical (unpaired) electrons. The van der Waals surface area contributed by atoms with Gasteiger partial charge in [-0.1, -0.05) is 0 Å². The fraction of sp³-hybridized carbons (Fsp3) is 0.409. The predicted molar refractivity (Wildman–Crippen MR) is 112 cm³/mol. The fourth-order valence-electron chi connectivity index (χ4n) is 4.07. The Morgan fingerprint density at radius 2 is 1.97 bits per heavy atom. The van der Waals surface area contributed by atoms with Gasteiger partial charge in [0.1, 0.15) is 17.2 Å². The molecule has 8 nitrogen and oxygen atoms in total. The molecule has 0 spiro atoms. The van der Waals surface area contributed by atoms with Gasteiger partial charge in [-0.2, -0.15) is 5.10 Å². The second-order valence-corrected chi connectivity index (χ2v) is 8.07. The van der Waals surface area contributed by atoms with Crippen LogP contribution in [0.2, 0.25) is 0 Å². The number of aryl methyl sites for hydroxylation is 2. The summed E-state index contributed by atoms with van der Waals surface area (Å²) in [6, 6.07) is 1.63.